The smallest absolute Gasteiger partial charge is 0.244 e. The normalized spacial score (nSPS) is 31.9. The summed E-state index contributed by atoms with van der Waals surface area (Å²) in [4.78, 5) is 12.2. The van der Waals surface area contributed by atoms with Gasteiger partial charge in [-0.1, -0.05) is 47.8 Å². The molecular weight excluding hydrogens is 316 g/mol. The highest BCUT2D eigenvalue weighted by Gasteiger charge is 2.64. The summed E-state index contributed by atoms with van der Waals surface area (Å²) in [7, 11) is 0. The maximum atomic E-state index is 12.2. The van der Waals surface area contributed by atoms with Crippen molar-refractivity contribution in [3.05, 3.63) is 34.3 Å². The number of halogens is 1. The Morgan fingerprint density at radius 1 is 1.40 bits per heavy atom. The number of carbonyl (C=O) groups is 1. The van der Waals surface area contributed by atoms with E-state index in [2.05, 4.69) is 33.4 Å². The quantitative estimate of drug-likeness (QED) is 0.664. The Morgan fingerprint density at radius 3 is 2.80 bits per heavy atom. The van der Waals surface area contributed by atoms with Crippen molar-refractivity contribution in [1.29, 1.82) is 0 Å². The Hall–Kier alpha value is -1.16. The third-order valence-electron chi connectivity index (χ3n) is 4.87. The molecule has 3 nitrogen and oxygen atoms in total. The first-order valence-corrected chi connectivity index (χ1v) is 7.99. The van der Waals surface area contributed by atoms with Gasteiger partial charge in [0.2, 0.25) is 5.91 Å². The number of rotatable bonds is 3. The van der Waals surface area contributed by atoms with Crippen molar-refractivity contribution in [3.8, 4) is 0 Å². The molecule has 3 atom stereocenters. The summed E-state index contributed by atoms with van der Waals surface area (Å²) in [6.45, 7) is 2.25. The van der Waals surface area contributed by atoms with Crippen LogP contribution < -0.4 is 5.43 Å². The predicted molar refractivity (Wildman–Crippen MR) is 83.4 cm³/mol. The van der Waals surface area contributed by atoms with Gasteiger partial charge in [0.15, 0.2) is 0 Å². The molecule has 4 heteroatoms. The van der Waals surface area contributed by atoms with Crippen LogP contribution in [0.4, 0.5) is 0 Å². The molecule has 0 saturated heterocycles. The molecule has 0 unspecified atom stereocenters. The number of carbonyl (C=O) groups excluding carboxylic acids is 1. The fraction of sp³-hybridized carbons (Fsp3) is 0.500. The molecule has 3 rings (SSSR count). The summed E-state index contributed by atoms with van der Waals surface area (Å²) in [5.74, 6) is 0.846. The number of hydrogen-bond donors (Lipinski definition) is 1. The highest BCUT2D eigenvalue weighted by atomic mass is 79.9. The van der Waals surface area contributed by atoms with Crippen LogP contribution in [0.15, 0.2) is 33.8 Å². The molecule has 1 aromatic carbocycles. The molecule has 1 N–H and O–H groups in total. The van der Waals surface area contributed by atoms with E-state index in [1.807, 2.05) is 24.3 Å². The molecule has 0 bridgehead atoms. The van der Waals surface area contributed by atoms with Crippen LogP contribution in [0.3, 0.4) is 0 Å². The predicted octanol–water partition coefficient (Wildman–Crippen LogP) is 3.73. The van der Waals surface area contributed by atoms with Gasteiger partial charge in [-0.05, 0) is 41.9 Å². The second kappa shape index (κ2) is 5.32. The summed E-state index contributed by atoms with van der Waals surface area (Å²) < 4.78 is 1.04. The molecule has 0 aromatic heterocycles. The lowest BCUT2D eigenvalue weighted by atomic mass is 9.90. The van der Waals surface area contributed by atoms with Crippen molar-refractivity contribution in [1.82, 2.24) is 5.43 Å². The van der Waals surface area contributed by atoms with E-state index in [9.17, 15) is 4.79 Å². The number of hydrazone groups is 1. The van der Waals surface area contributed by atoms with Gasteiger partial charge in [-0.15, -0.1) is 0 Å². The van der Waals surface area contributed by atoms with Crippen molar-refractivity contribution in [2.75, 3.05) is 0 Å². The summed E-state index contributed by atoms with van der Waals surface area (Å²) >= 11 is 3.39. The lowest BCUT2D eigenvalue weighted by molar-refractivity contribution is -0.123. The van der Waals surface area contributed by atoms with Gasteiger partial charge in [-0.2, -0.15) is 5.10 Å². The zero-order valence-corrected chi connectivity index (χ0v) is 13.2. The molecule has 0 aliphatic heterocycles. The van der Waals surface area contributed by atoms with Crippen LogP contribution in [-0.4, -0.2) is 12.1 Å². The standard InChI is InChI=1S/C16H19BrN2O/c1-16-9-3-2-4-13(16)14(16)15(20)19-18-10-11-5-7-12(17)8-6-11/h5-8,10,13-14H,2-4,9H2,1H3,(H,19,20)/b18-10+/t13-,14+,16+/m1/s1. The zero-order valence-electron chi connectivity index (χ0n) is 11.6. The largest absolute Gasteiger partial charge is 0.273 e. The van der Waals surface area contributed by atoms with E-state index in [4.69, 9.17) is 0 Å². The van der Waals surface area contributed by atoms with Crippen LogP contribution in [0.5, 0.6) is 0 Å². The molecular formula is C16H19BrN2O. The van der Waals surface area contributed by atoms with Crippen LogP contribution in [0.1, 0.15) is 38.2 Å². The van der Waals surface area contributed by atoms with Crippen molar-refractivity contribution in [2.45, 2.75) is 32.6 Å². The third-order valence-corrected chi connectivity index (χ3v) is 5.40. The first-order valence-electron chi connectivity index (χ1n) is 7.20. The van der Waals surface area contributed by atoms with Gasteiger partial charge >= 0.3 is 0 Å². The van der Waals surface area contributed by atoms with Crippen LogP contribution in [-0.2, 0) is 4.79 Å². The van der Waals surface area contributed by atoms with Gasteiger partial charge < -0.3 is 0 Å². The minimum atomic E-state index is 0.0905. The molecule has 1 aromatic rings. The Bertz CT molecular complexity index is 540. The maximum Gasteiger partial charge on any atom is 0.244 e. The van der Waals surface area contributed by atoms with E-state index in [1.54, 1.807) is 6.21 Å². The molecule has 2 saturated carbocycles. The van der Waals surface area contributed by atoms with E-state index in [0.29, 0.717) is 5.92 Å². The molecule has 106 valence electrons. The van der Waals surface area contributed by atoms with Gasteiger partial charge in [0.1, 0.15) is 0 Å². The average Bonchev–Trinajstić information content (AvgIpc) is 3.06. The van der Waals surface area contributed by atoms with E-state index >= 15 is 0 Å². The minimum absolute atomic E-state index is 0.0905. The molecule has 0 heterocycles. The number of amides is 1. The Labute approximate surface area is 128 Å². The van der Waals surface area contributed by atoms with Gasteiger partial charge in [-0.3, -0.25) is 4.79 Å². The molecule has 20 heavy (non-hydrogen) atoms. The SMILES string of the molecule is C[C@]12CCCC[C@@H]1[C@H]2C(=O)N/N=C/c1ccc(Br)cc1. The third kappa shape index (κ3) is 2.53. The summed E-state index contributed by atoms with van der Waals surface area (Å²) in [5.41, 5.74) is 3.93. The van der Waals surface area contributed by atoms with Crippen molar-refractivity contribution >= 4 is 28.1 Å². The van der Waals surface area contributed by atoms with Gasteiger partial charge in [-0.25, -0.2) is 5.43 Å². The van der Waals surface area contributed by atoms with E-state index in [-0.39, 0.29) is 17.2 Å². The number of nitrogens with zero attached hydrogens (tertiary/aromatic N) is 1. The Morgan fingerprint density at radius 2 is 2.15 bits per heavy atom. The molecule has 2 aliphatic rings. The van der Waals surface area contributed by atoms with Gasteiger partial charge in [0.05, 0.1) is 6.21 Å². The molecule has 1 amide bonds. The molecule has 0 spiro atoms. The topological polar surface area (TPSA) is 41.5 Å². The number of benzene rings is 1. The van der Waals surface area contributed by atoms with E-state index < -0.39 is 0 Å². The first kappa shape index (κ1) is 13.8. The van der Waals surface area contributed by atoms with Crippen LogP contribution >= 0.6 is 15.9 Å². The van der Waals surface area contributed by atoms with Crippen molar-refractivity contribution in [2.24, 2.45) is 22.4 Å². The van der Waals surface area contributed by atoms with Crippen molar-refractivity contribution < 1.29 is 4.79 Å². The Balaban J connectivity index is 1.56. The zero-order chi connectivity index (χ0) is 14.2. The first-order chi connectivity index (χ1) is 9.61. The minimum Gasteiger partial charge on any atom is -0.273 e. The number of fused-ring (bicyclic) bond motifs is 1. The number of nitrogens with one attached hydrogen (secondary N) is 1. The lowest BCUT2D eigenvalue weighted by Gasteiger charge is -2.15. The summed E-state index contributed by atoms with van der Waals surface area (Å²) in [6, 6.07) is 7.83. The fourth-order valence-electron chi connectivity index (χ4n) is 3.64. The second-order valence-electron chi connectivity index (χ2n) is 6.12. The average molecular weight is 335 g/mol. The highest BCUT2D eigenvalue weighted by molar-refractivity contribution is 9.10. The Kier molecular flexibility index (Phi) is 3.67. The summed E-state index contributed by atoms with van der Waals surface area (Å²) in [6.07, 6.45) is 6.61. The van der Waals surface area contributed by atoms with Crippen LogP contribution in [0.25, 0.3) is 0 Å². The molecule has 0 radical (unpaired) electrons. The van der Waals surface area contributed by atoms with Crippen LogP contribution in [0, 0.1) is 17.3 Å². The van der Waals surface area contributed by atoms with Gasteiger partial charge in [0.25, 0.3) is 0 Å². The van der Waals surface area contributed by atoms with E-state index in [0.717, 1.165) is 10.0 Å². The highest BCUT2D eigenvalue weighted by Crippen LogP contribution is 2.66. The van der Waals surface area contributed by atoms with Crippen LogP contribution in [0.2, 0.25) is 0 Å². The fourth-order valence-corrected chi connectivity index (χ4v) is 3.90. The maximum absolute atomic E-state index is 12.2. The number of hydrogen-bond acceptors (Lipinski definition) is 2. The monoisotopic (exact) mass is 334 g/mol. The second-order valence-corrected chi connectivity index (χ2v) is 7.04. The molecule has 2 aliphatic carbocycles. The van der Waals surface area contributed by atoms with Gasteiger partial charge in [0, 0.05) is 10.4 Å². The summed E-state index contributed by atoms with van der Waals surface area (Å²) in [5, 5.41) is 4.08. The lowest BCUT2D eigenvalue weighted by Crippen LogP contribution is -2.22. The van der Waals surface area contributed by atoms with Crippen molar-refractivity contribution in [3.63, 3.8) is 0 Å². The van der Waals surface area contributed by atoms with E-state index in [1.165, 1.54) is 25.7 Å². The molecule has 2 fully saturated rings.